The number of aliphatic hydroxyl groups excluding tert-OH is 2. The van der Waals surface area contributed by atoms with Gasteiger partial charge in [-0.05, 0) is 30.7 Å². The van der Waals surface area contributed by atoms with Crippen molar-refractivity contribution in [3.05, 3.63) is 57.5 Å². The highest BCUT2D eigenvalue weighted by Gasteiger charge is 2.39. The standard InChI is InChI=1S/C18H17Br3O5/c1-8-11(6-13(26-8)18-17(24)12(22)7-25-18)16(23)15(21)14(20)9-2-4-10(19)5-3-9/h2-6,12,14-15,17-18,22,24H,7H2,1H3/t12-,14?,15?,17-,18+/m1/s1. The average molecular weight is 553 g/mol. The number of benzene rings is 1. The van der Waals surface area contributed by atoms with Crippen LogP contribution < -0.4 is 0 Å². The molecule has 2 heterocycles. The fourth-order valence-corrected chi connectivity index (χ4v) is 4.20. The molecule has 1 aliphatic heterocycles. The molecule has 0 amide bonds. The smallest absolute Gasteiger partial charge is 0.181 e. The molecule has 0 aliphatic carbocycles. The normalized spacial score (nSPS) is 25.2. The molecular weight excluding hydrogens is 536 g/mol. The van der Waals surface area contributed by atoms with Gasteiger partial charge in [0, 0.05) is 4.47 Å². The largest absolute Gasteiger partial charge is 0.463 e. The second-order valence-corrected chi connectivity index (χ2v) is 9.04. The van der Waals surface area contributed by atoms with Gasteiger partial charge in [0.2, 0.25) is 0 Å². The van der Waals surface area contributed by atoms with Crippen molar-refractivity contribution in [2.45, 2.75) is 34.9 Å². The summed E-state index contributed by atoms with van der Waals surface area (Å²) in [5.41, 5.74) is 1.38. The molecular formula is C18H17Br3O5. The number of hydrogen-bond donors (Lipinski definition) is 2. The molecule has 1 saturated heterocycles. The average Bonchev–Trinajstić information content (AvgIpc) is 3.16. The highest BCUT2D eigenvalue weighted by Crippen LogP contribution is 2.37. The molecule has 1 aromatic carbocycles. The zero-order valence-corrected chi connectivity index (χ0v) is 18.5. The predicted octanol–water partition coefficient (Wildman–Crippen LogP) is 4.23. The minimum atomic E-state index is -1.07. The van der Waals surface area contributed by atoms with E-state index in [1.54, 1.807) is 13.0 Å². The maximum Gasteiger partial charge on any atom is 0.181 e. The van der Waals surface area contributed by atoms with Crippen LogP contribution in [0.5, 0.6) is 0 Å². The van der Waals surface area contributed by atoms with Crippen molar-refractivity contribution in [3.63, 3.8) is 0 Å². The van der Waals surface area contributed by atoms with Crippen LogP contribution in [0.1, 0.15) is 38.4 Å². The number of aryl methyl sites for hydroxylation is 1. The number of carbonyl (C=O) groups excluding carboxylic acids is 1. The van der Waals surface area contributed by atoms with Gasteiger partial charge in [0.25, 0.3) is 0 Å². The molecule has 0 bridgehead atoms. The Morgan fingerprint density at radius 3 is 2.46 bits per heavy atom. The first-order chi connectivity index (χ1) is 12.3. The number of aliphatic hydroxyl groups is 2. The molecule has 5 atom stereocenters. The molecule has 2 unspecified atom stereocenters. The third-order valence-corrected chi connectivity index (χ3v) is 7.57. The maximum absolute atomic E-state index is 12.9. The third kappa shape index (κ3) is 4.00. The first kappa shape index (κ1) is 20.2. The monoisotopic (exact) mass is 550 g/mol. The van der Waals surface area contributed by atoms with Crippen LogP contribution in [-0.2, 0) is 4.74 Å². The number of furan rings is 1. The van der Waals surface area contributed by atoms with Crippen molar-refractivity contribution < 1.29 is 24.2 Å². The van der Waals surface area contributed by atoms with Gasteiger partial charge in [0.15, 0.2) is 5.78 Å². The van der Waals surface area contributed by atoms with Crippen LogP contribution in [0.25, 0.3) is 0 Å². The molecule has 1 aliphatic rings. The zero-order chi connectivity index (χ0) is 19.0. The summed E-state index contributed by atoms with van der Waals surface area (Å²) in [5.74, 6) is 0.641. The van der Waals surface area contributed by atoms with E-state index >= 15 is 0 Å². The van der Waals surface area contributed by atoms with E-state index in [1.807, 2.05) is 24.3 Å². The predicted molar refractivity (Wildman–Crippen MR) is 107 cm³/mol. The van der Waals surface area contributed by atoms with E-state index in [0.29, 0.717) is 17.1 Å². The van der Waals surface area contributed by atoms with E-state index in [9.17, 15) is 15.0 Å². The van der Waals surface area contributed by atoms with Gasteiger partial charge < -0.3 is 19.4 Å². The van der Waals surface area contributed by atoms with Crippen LogP contribution >= 0.6 is 47.8 Å². The van der Waals surface area contributed by atoms with Crippen LogP contribution in [0, 0.1) is 6.92 Å². The van der Waals surface area contributed by atoms with Crippen LogP contribution in [0.2, 0.25) is 0 Å². The highest BCUT2D eigenvalue weighted by molar-refractivity contribution is 9.12. The number of ether oxygens (including phenoxy) is 1. The van der Waals surface area contributed by atoms with Gasteiger partial charge >= 0.3 is 0 Å². The summed E-state index contributed by atoms with van der Waals surface area (Å²) in [6.45, 7) is 1.72. The van der Waals surface area contributed by atoms with Gasteiger partial charge in [-0.1, -0.05) is 59.9 Å². The minimum Gasteiger partial charge on any atom is -0.463 e. The van der Waals surface area contributed by atoms with Crippen molar-refractivity contribution in [2.75, 3.05) is 6.61 Å². The van der Waals surface area contributed by atoms with Crippen LogP contribution in [0.3, 0.4) is 0 Å². The fourth-order valence-electron chi connectivity index (χ4n) is 2.84. The summed E-state index contributed by atoms with van der Waals surface area (Å²) in [4.78, 5) is 12.2. The molecule has 0 radical (unpaired) electrons. The minimum absolute atomic E-state index is 0.0307. The summed E-state index contributed by atoms with van der Waals surface area (Å²) in [7, 11) is 0. The summed E-state index contributed by atoms with van der Waals surface area (Å²) in [6, 6.07) is 9.28. The second kappa shape index (κ2) is 8.24. The lowest BCUT2D eigenvalue weighted by Crippen LogP contribution is -2.24. The van der Waals surface area contributed by atoms with Gasteiger partial charge in [0.05, 0.1) is 21.8 Å². The Labute approximate surface area is 176 Å². The zero-order valence-electron chi connectivity index (χ0n) is 13.7. The highest BCUT2D eigenvalue weighted by atomic mass is 79.9. The van der Waals surface area contributed by atoms with Crippen LogP contribution in [-0.4, -0.2) is 39.6 Å². The number of rotatable bonds is 5. The SMILES string of the molecule is Cc1oc([C@@H]2OC[C@@H](O)[C@H]2O)cc1C(=O)C(Br)C(Br)c1ccc(Br)cc1. The van der Waals surface area contributed by atoms with Crippen molar-refractivity contribution >= 4 is 53.6 Å². The topological polar surface area (TPSA) is 79.9 Å². The fraction of sp³-hybridized carbons (Fsp3) is 0.389. The quantitative estimate of drug-likeness (QED) is 0.429. The molecule has 2 N–H and O–H groups in total. The van der Waals surface area contributed by atoms with Crippen LogP contribution in [0.15, 0.2) is 39.2 Å². The lowest BCUT2D eigenvalue weighted by atomic mass is 10.0. The van der Waals surface area contributed by atoms with Gasteiger partial charge in [-0.2, -0.15) is 0 Å². The molecule has 26 heavy (non-hydrogen) atoms. The molecule has 2 aromatic rings. The Morgan fingerprint density at radius 1 is 1.23 bits per heavy atom. The van der Waals surface area contributed by atoms with Crippen molar-refractivity contribution in [2.24, 2.45) is 0 Å². The summed E-state index contributed by atoms with van der Waals surface area (Å²) in [6.07, 6.45) is -2.81. The molecule has 1 fully saturated rings. The molecule has 0 spiro atoms. The molecule has 3 rings (SSSR count). The first-order valence-corrected chi connectivity index (χ1v) is 10.6. The third-order valence-electron chi connectivity index (χ3n) is 4.33. The Kier molecular flexibility index (Phi) is 6.41. The van der Waals surface area contributed by atoms with E-state index in [-0.39, 0.29) is 17.2 Å². The van der Waals surface area contributed by atoms with E-state index in [0.717, 1.165) is 10.0 Å². The number of Topliss-reactive ketones (excluding diaryl/α,β-unsaturated/α-hetero) is 1. The summed E-state index contributed by atoms with van der Waals surface area (Å²) < 4.78 is 12.0. The van der Waals surface area contributed by atoms with Gasteiger partial charge in [-0.15, -0.1) is 0 Å². The number of halogens is 3. The van der Waals surface area contributed by atoms with Crippen LogP contribution in [0.4, 0.5) is 0 Å². The number of alkyl halides is 2. The van der Waals surface area contributed by atoms with Crippen molar-refractivity contribution in [3.8, 4) is 0 Å². The van der Waals surface area contributed by atoms with Gasteiger partial charge in [0.1, 0.15) is 29.8 Å². The Morgan fingerprint density at radius 2 is 1.88 bits per heavy atom. The van der Waals surface area contributed by atoms with Gasteiger partial charge in [-0.3, -0.25) is 4.79 Å². The molecule has 5 nitrogen and oxygen atoms in total. The van der Waals surface area contributed by atoms with E-state index in [1.165, 1.54) is 0 Å². The van der Waals surface area contributed by atoms with E-state index < -0.39 is 23.1 Å². The Bertz CT molecular complexity index is 789. The lowest BCUT2D eigenvalue weighted by molar-refractivity contribution is 0.0117. The number of carbonyl (C=O) groups is 1. The summed E-state index contributed by atoms with van der Waals surface area (Å²) >= 11 is 10.5. The number of ketones is 1. The Balaban J connectivity index is 1.80. The molecule has 0 saturated carbocycles. The van der Waals surface area contributed by atoms with E-state index in [4.69, 9.17) is 9.15 Å². The van der Waals surface area contributed by atoms with Gasteiger partial charge in [-0.25, -0.2) is 0 Å². The molecule has 1 aromatic heterocycles. The molecule has 8 heteroatoms. The second-order valence-electron chi connectivity index (χ2n) is 6.15. The number of hydrogen-bond acceptors (Lipinski definition) is 5. The Hall–Kier alpha value is -0.510. The lowest BCUT2D eigenvalue weighted by Gasteiger charge is -2.16. The van der Waals surface area contributed by atoms with Crippen molar-refractivity contribution in [1.29, 1.82) is 0 Å². The maximum atomic E-state index is 12.9. The van der Waals surface area contributed by atoms with Crippen molar-refractivity contribution in [1.82, 2.24) is 0 Å². The molecule has 140 valence electrons. The van der Waals surface area contributed by atoms with E-state index in [2.05, 4.69) is 47.8 Å². The first-order valence-electron chi connectivity index (χ1n) is 7.95. The summed E-state index contributed by atoms with van der Waals surface area (Å²) in [5, 5.41) is 19.6.